The summed E-state index contributed by atoms with van der Waals surface area (Å²) in [5, 5.41) is 7.37. The second-order valence-electron chi connectivity index (χ2n) is 3.95. The molecule has 2 aliphatic rings. The van der Waals surface area contributed by atoms with Gasteiger partial charge in [-0.05, 0) is 19.4 Å². The van der Waals surface area contributed by atoms with Crippen LogP contribution in [0.5, 0.6) is 0 Å². The van der Waals surface area contributed by atoms with E-state index in [1.807, 2.05) is 0 Å². The summed E-state index contributed by atoms with van der Waals surface area (Å²) in [5.74, 6) is 0.641. The van der Waals surface area contributed by atoms with E-state index in [2.05, 4.69) is 4.90 Å². The highest BCUT2D eigenvalue weighted by Gasteiger charge is 2.31. The molecule has 2 unspecified atom stereocenters. The molecule has 2 heterocycles. The first-order valence-electron chi connectivity index (χ1n) is 4.93. The van der Waals surface area contributed by atoms with Crippen molar-refractivity contribution in [2.24, 2.45) is 11.7 Å². The van der Waals surface area contributed by atoms with Crippen LogP contribution in [0, 0.1) is 11.3 Å². The van der Waals surface area contributed by atoms with E-state index >= 15 is 0 Å². The molecule has 0 bridgehead atoms. The fraction of sp³-hybridized carbons (Fsp3) is 0.889. The second-order valence-corrected chi connectivity index (χ2v) is 3.95. The number of likely N-dealkylation sites (tertiary alicyclic amines) is 1. The SMILES string of the molecule is N=C(N)C1CCN(C2CCOC2)C1. The summed E-state index contributed by atoms with van der Waals surface area (Å²) in [6.07, 6.45) is 2.19. The molecule has 4 heteroatoms. The van der Waals surface area contributed by atoms with Gasteiger partial charge in [0.25, 0.3) is 0 Å². The Kier molecular flexibility index (Phi) is 2.51. The maximum Gasteiger partial charge on any atom is 0.0950 e. The maximum atomic E-state index is 7.37. The van der Waals surface area contributed by atoms with Crippen molar-refractivity contribution in [3.8, 4) is 0 Å². The highest BCUT2D eigenvalue weighted by atomic mass is 16.5. The Bertz CT molecular complexity index is 201. The van der Waals surface area contributed by atoms with E-state index in [9.17, 15) is 0 Å². The third kappa shape index (κ3) is 1.84. The third-order valence-corrected chi connectivity index (χ3v) is 3.08. The average Bonchev–Trinajstić information content (AvgIpc) is 2.75. The highest BCUT2D eigenvalue weighted by molar-refractivity contribution is 5.80. The lowest BCUT2D eigenvalue weighted by Gasteiger charge is -2.21. The molecule has 0 aromatic rings. The zero-order chi connectivity index (χ0) is 9.26. The summed E-state index contributed by atoms with van der Waals surface area (Å²) in [4.78, 5) is 2.42. The van der Waals surface area contributed by atoms with Crippen LogP contribution in [0.4, 0.5) is 0 Å². The molecule has 4 nitrogen and oxygen atoms in total. The largest absolute Gasteiger partial charge is 0.387 e. The Balaban J connectivity index is 1.86. The summed E-state index contributed by atoms with van der Waals surface area (Å²) >= 11 is 0. The zero-order valence-electron chi connectivity index (χ0n) is 7.83. The van der Waals surface area contributed by atoms with E-state index < -0.39 is 0 Å². The van der Waals surface area contributed by atoms with Crippen LogP contribution in [0.2, 0.25) is 0 Å². The molecule has 0 spiro atoms. The fourth-order valence-electron chi connectivity index (χ4n) is 2.18. The minimum atomic E-state index is 0.292. The highest BCUT2D eigenvalue weighted by Crippen LogP contribution is 2.22. The van der Waals surface area contributed by atoms with Crippen molar-refractivity contribution in [2.45, 2.75) is 18.9 Å². The quantitative estimate of drug-likeness (QED) is 0.469. The number of rotatable bonds is 2. The molecule has 0 saturated carbocycles. The van der Waals surface area contributed by atoms with E-state index in [1.54, 1.807) is 0 Å². The molecule has 0 aromatic carbocycles. The lowest BCUT2D eigenvalue weighted by molar-refractivity contribution is 0.158. The standard InChI is InChI=1S/C9H17N3O/c10-9(11)7-1-3-12(5-7)8-2-4-13-6-8/h7-8H,1-6H2,(H3,10,11). The second kappa shape index (κ2) is 3.64. The number of nitrogens with zero attached hydrogens (tertiary/aromatic N) is 1. The van der Waals surface area contributed by atoms with E-state index in [0.29, 0.717) is 17.8 Å². The summed E-state index contributed by atoms with van der Waals surface area (Å²) < 4.78 is 5.34. The molecule has 2 fully saturated rings. The topological polar surface area (TPSA) is 62.3 Å². The van der Waals surface area contributed by atoms with Crippen LogP contribution in [0.15, 0.2) is 0 Å². The number of nitrogens with one attached hydrogen (secondary N) is 1. The third-order valence-electron chi connectivity index (χ3n) is 3.08. The number of ether oxygens (including phenoxy) is 1. The van der Waals surface area contributed by atoms with Gasteiger partial charge in [0.05, 0.1) is 12.4 Å². The monoisotopic (exact) mass is 183 g/mol. The summed E-state index contributed by atoms with van der Waals surface area (Å²) in [5.41, 5.74) is 5.48. The first-order chi connectivity index (χ1) is 6.27. The molecule has 74 valence electrons. The number of nitrogens with two attached hydrogens (primary N) is 1. The molecule has 3 N–H and O–H groups in total. The molecule has 0 amide bonds. The first-order valence-corrected chi connectivity index (χ1v) is 4.93. The average molecular weight is 183 g/mol. The predicted molar refractivity (Wildman–Crippen MR) is 50.8 cm³/mol. The Labute approximate surface area is 78.5 Å². The minimum Gasteiger partial charge on any atom is -0.387 e. The number of hydrogen-bond acceptors (Lipinski definition) is 3. The van der Waals surface area contributed by atoms with Gasteiger partial charge in [-0.3, -0.25) is 10.3 Å². The minimum absolute atomic E-state index is 0.292. The zero-order valence-corrected chi connectivity index (χ0v) is 7.83. The van der Waals surface area contributed by atoms with Gasteiger partial charge in [-0.2, -0.15) is 0 Å². The molecule has 2 atom stereocenters. The molecule has 2 rings (SSSR count). The van der Waals surface area contributed by atoms with Gasteiger partial charge in [-0.15, -0.1) is 0 Å². The molecule has 0 aromatic heterocycles. The van der Waals surface area contributed by atoms with Crippen LogP contribution in [0.3, 0.4) is 0 Å². The van der Waals surface area contributed by atoms with Crippen molar-refractivity contribution in [1.82, 2.24) is 4.90 Å². The smallest absolute Gasteiger partial charge is 0.0950 e. The Morgan fingerprint density at radius 1 is 1.46 bits per heavy atom. The molecular weight excluding hydrogens is 166 g/mol. The van der Waals surface area contributed by atoms with Gasteiger partial charge in [-0.1, -0.05) is 0 Å². The van der Waals surface area contributed by atoms with Gasteiger partial charge in [0.2, 0.25) is 0 Å². The maximum absolute atomic E-state index is 7.37. The Morgan fingerprint density at radius 3 is 2.85 bits per heavy atom. The van der Waals surface area contributed by atoms with Gasteiger partial charge in [0, 0.05) is 25.1 Å². The van der Waals surface area contributed by atoms with Crippen LogP contribution in [0.25, 0.3) is 0 Å². The molecule has 0 radical (unpaired) electrons. The van der Waals surface area contributed by atoms with Crippen molar-refractivity contribution in [2.75, 3.05) is 26.3 Å². The van der Waals surface area contributed by atoms with E-state index in [0.717, 1.165) is 39.1 Å². The normalized spacial score (nSPS) is 35.4. The lowest BCUT2D eigenvalue weighted by Crippen LogP contribution is -2.35. The molecule has 13 heavy (non-hydrogen) atoms. The Hall–Kier alpha value is -0.610. The van der Waals surface area contributed by atoms with Crippen molar-refractivity contribution in [3.63, 3.8) is 0 Å². The molecule has 0 aliphatic carbocycles. The Morgan fingerprint density at radius 2 is 2.31 bits per heavy atom. The van der Waals surface area contributed by atoms with Crippen molar-refractivity contribution < 1.29 is 4.74 Å². The van der Waals surface area contributed by atoms with Crippen LogP contribution in [-0.4, -0.2) is 43.1 Å². The van der Waals surface area contributed by atoms with Crippen LogP contribution < -0.4 is 5.73 Å². The first kappa shape index (κ1) is 8.97. The summed E-state index contributed by atoms with van der Waals surface area (Å²) in [7, 11) is 0. The van der Waals surface area contributed by atoms with Gasteiger partial charge in [0.15, 0.2) is 0 Å². The van der Waals surface area contributed by atoms with Gasteiger partial charge in [0.1, 0.15) is 0 Å². The number of amidine groups is 1. The van der Waals surface area contributed by atoms with Crippen LogP contribution in [-0.2, 0) is 4.74 Å². The molecule has 2 saturated heterocycles. The van der Waals surface area contributed by atoms with Crippen molar-refractivity contribution in [1.29, 1.82) is 5.41 Å². The van der Waals surface area contributed by atoms with Gasteiger partial charge >= 0.3 is 0 Å². The summed E-state index contributed by atoms with van der Waals surface area (Å²) in [6.45, 7) is 3.80. The molecule has 2 aliphatic heterocycles. The summed E-state index contributed by atoms with van der Waals surface area (Å²) in [6, 6.07) is 0.587. The fourth-order valence-corrected chi connectivity index (χ4v) is 2.18. The van der Waals surface area contributed by atoms with Gasteiger partial charge < -0.3 is 10.5 Å². The predicted octanol–water partition coefficient (Wildman–Crippen LogP) is 0.0332. The van der Waals surface area contributed by atoms with E-state index in [-0.39, 0.29) is 0 Å². The van der Waals surface area contributed by atoms with Gasteiger partial charge in [-0.25, -0.2) is 0 Å². The van der Waals surface area contributed by atoms with E-state index in [1.165, 1.54) is 0 Å². The van der Waals surface area contributed by atoms with Crippen LogP contribution in [0.1, 0.15) is 12.8 Å². The van der Waals surface area contributed by atoms with Crippen molar-refractivity contribution in [3.05, 3.63) is 0 Å². The lowest BCUT2D eigenvalue weighted by atomic mass is 10.1. The van der Waals surface area contributed by atoms with E-state index in [4.69, 9.17) is 15.9 Å². The van der Waals surface area contributed by atoms with Crippen LogP contribution >= 0.6 is 0 Å². The van der Waals surface area contributed by atoms with Crippen molar-refractivity contribution >= 4 is 5.84 Å². The molecular formula is C9H17N3O. The number of hydrogen-bond donors (Lipinski definition) is 2.